The highest BCUT2D eigenvalue weighted by atomic mass is 16.6. The largest absolute Gasteiger partial charge is 0.384 e. The fourth-order valence-electron chi connectivity index (χ4n) is 1.40. The van der Waals surface area contributed by atoms with E-state index in [1.807, 2.05) is 0 Å². The highest BCUT2D eigenvalue weighted by molar-refractivity contribution is 5.59. The molecule has 0 aliphatic carbocycles. The Morgan fingerprint density at radius 1 is 1.38 bits per heavy atom. The van der Waals surface area contributed by atoms with Crippen molar-refractivity contribution in [3.63, 3.8) is 0 Å². The highest BCUT2D eigenvalue weighted by Crippen LogP contribution is 2.25. The van der Waals surface area contributed by atoms with Crippen LogP contribution in [0, 0.1) is 10.1 Å². The van der Waals surface area contributed by atoms with Crippen LogP contribution < -0.4 is 5.32 Å². The van der Waals surface area contributed by atoms with Crippen LogP contribution in [-0.2, 0) is 6.42 Å². The van der Waals surface area contributed by atoms with Crippen LogP contribution in [0.25, 0.3) is 0 Å². The number of anilines is 1. The van der Waals surface area contributed by atoms with Crippen LogP contribution in [0.15, 0.2) is 18.2 Å². The lowest BCUT2D eigenvalue weighted by Gasteiger charge is -1.97. The molecular formula is C12H18N2O2. The Kier molecular flexibility index (Phi) is 4.76. The van der Waals surface area contributed by atoms with Gasteiger partial charge in [-0.15, -0.1) is 0 Å². The first-order chi connectivity index (χ1) is 7.69. The summed E-state index contributed by atoms with van der Waals surface area (Å²) in [7, 11) is 0. The van der Waals surface area contributed by atoms with E-state index in [0.29, 0.717) is 0 Å². The average molecular weight is 222 g/mol. The molecule has 0 amide bonds. The van der Waals surface area contributed by atoms with Gasteiger partial charge in [-0.05, 0) is 18.1 Å². The third-order valence-corrected chi connectivity index (χ3v) is 2.51. The van der Waals surface area contributed by atoms with Crippen molar-refractivity contribution < 1.29 is 4.92 Å². The maximum absolute atomic E-state index is 10.4. The molecule has 0 fully saturated rings. The molecule has 1 aliphatic heterocycles. The first-order valence-corrected chi connectivity index (χ1v) is 5.70. The first-order valence-electron chi connectivity index (χ1n) is 5.70. The fraction of sp³-hybridized carbons (Fsp3) is 0.500. The molecule has 0 bridgehead atoms. The SMILES string of the molecule is CCCC.O=[N+]([O-])c1ccc2c(c1)CCN2. The molecule has 4 nitrogen and oxygen atoms in total. The monoisotopic (exact) mass is 222 g/mol. The van der Waals surface area contributed by atoms with Crippen LogP contribution >= 0.6 is 0 Å². The molecule has 16 heavy (non-hydrogen) atoms. The minimum atomic E-state index is -0.362. The summed E-state index contributed by atoms with van der Waals surface area (Å²) in [4.78, 5) is 10.0. The van der Waals surface area contributed by atoms with E-state index >= 15 is 0 Å². The molecule has 1 aromatic carbocycles. The second kappa shape index (κ2) is 6.10. The third kappa shape index (κ3) is 3.22. The maximum Gasteiger partial charge on any atom is 0.269 e. The standard InChI is InChI=1S/C8H8N2O2.C4H10/c11-10(12)7-1-2-8-6(5-7)3-4-9-8;1-3-4-2/h1-2,5,9H,3-4H2;3-4H2,1-2H3. The Labute approximate surface area is 95.8 Å². The number of nitrogens with one attached hydrogen (secondary N) is 1. The van der Waals surface area contributed by atoms with E-state index in [0.717, 1.165) is 24.2 Å². The molecule has 0 saturated heterocycles. The number of fused-ring (bicyclic) bond motifs is 1. The Morgan fingerprint density at radius 2 is 2.06 bits per heavy atom. The fourth-order valence-corrected chi connectivity index (χ4v) is 1.40. The van der Waals surface area contributed by atoms with Crippen molar-refractivity contribution in [2.75, 3.05) is 11.9 Å². The molecular weight excluding hydrogens is 204 g/mol. The molecule has 88 valence electrons. The van der Waals surface area contributed by atoms with Gasteiger partial charge in [-0.3, -0.25) is 10.1 Å². The van der Waals surface area contributed by atoms with Gasteiger partial charge in [0.05, 0.1) is 4.92 Å². The summed E-state index contributed by atoms with van der Waals surface area (Å²) in [6.45, 7) is 5.25. The predicted molar refractivity (Wildman–Crippen MR) is 65.9 cm³/mol. The van der Waals surface area contributed by atoms with E-state index in [1.165, 1.54) is 18.9 Å². The number of hydrogen-bond acceptors (Lipinski definition) is 3. The zero-order chi connectivity index (χ0) is 12.0. The Hall–Kier alpha value is -1.58. The van der Waals surface area contributed by atoms with Crippen molar-refractivity contribution in [3.8, 4) is 0 Å². The van der Waals surface area contributed by atoms with Gasteiger partial charge in [-0.2, -0.15) is 0 Å². The number of unbranched alkanes of at least 4 members (excludes halogenated alkanes) is 1. The predicted octanol–water partition coefficient (Wildman–Crippen LogP) is 3.37. The van der Waals surface area contributed by atoms with Gasteiger partial charge in [-0.25, -0.2) is 0 Å². The number of rotatable bonds is 2. The summed E-state index contributed by atoms with van der Waals surface area (Å²) >= 11 is 0. The molecule has 0 aromatic heterocycles. The quantitative estimate of drug-likeness (QED) is 0.616. The molecule has 1 aromatic rings. The normalized spacial score (nSPS) is 12.1. The zero-order valence-corrected chi connectivity index (χ0v) is 9.82. The number of hydrogen-bond donors (Lipinski definition) is 1. The molecule has 0 unspecified atom stereocenters. The molecule has 0 saturated carbocycles. The van der Waals surface area contributed by atoms with Crippen molar-refractivity contribution >= 4 is 11.4 Å². The molecule has 1 heterocycles. The maximum atomic E-state index is 10.4. The van der Waals surface area contributed by atoms with E-state index < -0.39 is 0 Å². The topological polar surface area (TPSA) is 55.2 Å². The smallest absolute Gasteiger partial charge is 0.269 e. The lowest BCUT2D eigenvalue weighted by molar-refractivity contribution is -0.384. The number of non-ortho nitro benzene ring substituents is 1. The lowest BCUT2D eigenvalue weighted by Crippen LogP contribution is -1.90. The van der Waals surface area contributed by atoms with Gasteiger partial charge < -0.3 is 5.32 Å². The Balaban J connectivity index is 0.000000280. The van der Waals surface area contributed by atoms with E-state index in [1.54, 1.807) is 12.1 Å². The van der Waals surface area contributed by atoms with E-state index in [-0.39, 0.29) is 10.6 Å². The van der Waals surface area contributed by atoms with Crippen molar-refractivity contribution in [1.82, 2.24) is 0 Å². The van der Waals surface area contributed by atoms with Gasteiger partial charge in [0.15, 0.2) is 0 Å². The Morgan fingerprint density at radius 3 is 2.62 bits per heavy atom. The van der Waals surface area contributed by atoms with Gasteiger partial charge in [0.25, 0.3) is 5.69 Å². The van der Waals surface area contributed by atoms with Crippen LogP contribution in [0.4, 0.5) is 11.4 Å². The number of benzene rings is 1. The van der Waals surface area contributed by atoms with Crippen molar-refractivity contribution in [2.24, 2.45) is 0 Å². The first kappa shape index (κ1) is 12.5. The lowest BCUT2D eigenvalue weighted by atomic mass is 10.1. The summed E-state index contributed by atoms with van der Waals surface area (Å²) in [5.41, 5.74) is 2.25. The Bertz CT molecular complexity index is 362. The summed E-state index contributed by atoms with van der Waals surface area (Å²) in [6.07, 6.45) is 3.52. The summed E-state index contributed by atoms with van der Waals surface area (Å²) in [6, 6.07) is 4.92. The minimum absolute atomic E-state index is 0.178. The van der Waals surface area contributed by atoms with Crippen LogP contribution in [0.3, 0.4) is 0 Å². The van der Waals surface area contributed by atoms with Gasteiger partial charge in [0.2, 0.25) is 0 Å². The molecule has 2 rings (SSSR count). The molecule has 4 heteroatoms. The molecule has 0 radical (unpaired) electrons. The molecule has 0 atom stereocenters. The summed E-state index contributed by atoms with van der Waals surface area (Å²) < 4.78 is 0. The van der Waals surface area contributed by atoms with Crippen LogP contribution in [-0.4, -0.2) is 11.5 Å². The van der Waals surface area contributed by atoms with Crippen molar-refractivity contribution in [2.45, 2.75) is 33.1 Å². The third-order valence-electron chi connectivity index (χ3n) is 2.51. The van der Waals surface area contributed by atoms with E-state index in [4.69, 9.17) is 0 Å². The summed E-state index contributed by atoms with van der Waals surface area (Å²) in [5, 5.41) is 13.5. The van der Waals surface area contributed by atoms with Gasteiger partial charge in [0, 0.05) is 24.4 Å². The van der Waals surface area contributed by atoms with Crippen molar-refractivity contribution in [3.05, 3.63) is 33.9 Å². The number of nitro groups is 1. The second-order valence-electron chi connectivity index (χ2n) is 3.78. The number of nitrogens with zero attached hydrogens (tertiary/aromatic N) is 1. The van der Waals surface area contributed by atoms with Crippen LogP contribution in [0.1, 0.15) is 32.3 Å². The molecule has 0 spiro atoms. The summed E-state index contributed by atoms with van der Waals surface area (Å²) in [5.74, 6) is 0. The van der Waals surface area contributed by atoms with Crippen LogP contribution in [0.5, 0.6) is 0 Å². The van der Waals surface area contributed by atoms with E-state index in [9.17, 15) is 10.1 Å². The van der Waals surface area contributed by atoms with Gasteiger partial charge in [0.1, 0.15) is 0 Å². The highest BCUT2D eigenvalue weighted by Gasteiger charge is 2.13. The van der Waals surface area contributed by atoms with Crippen molar-refractivity contribution in [1.29, 1.82) is 0 Å². The van der Waals surface area contributed by atoms with Gasteiger partial charge >= 0.3 is 0 Å². The van der Waals surface area contributed by atoms with Gasteiger partial charge in [-0.1, -0.05) is 26.7 Å². The minimum Gasteiger partial charge on any atom is -0.384 e. The van der Waals surface area contributed by atoms with Crippen LogP contribution in [0.2, 0.25) is 0 Å². The number of nitro benzene ring substituents is 1. The zero-order valence-electron chi connectivity index (χ0n) is 9.82. The second-order valence-corrected chi connectivity index (χ2v) is 3.78. The average Bonchev–Trinajstić information content (AvgIpc) is 2.76. The molecule has 1 aliphatic rings. The van der Waals surface area contributed by atoms with E-state index in [2.05, 4.69) is 19.2 Å². The molecule has 1 N–H and O–H groups in total.